The third-order valence-corrected chi connectivity index (χ3v) is 5.64. The Labute approximate surface area is 181 Å². The molecular formula is C23H19F2N3O2S. The summed E-state index contributed by atoms with van der Waals surface area (Å²) in [4.78, 5) is 17.8. The van der Waals surface area contributed by atoms with Crippen LogP contribution in [0.15, 0.2) is 70.6 Å². The normalized spacial score (nSPS) is 11.9. The molecule has 1 atom stereocenters. The molecule has 1 N–H and O–H groups in total. The Hall–Kier alpha value is -3.39. The minimum Gasteiger partial charge on any atom is -0.344 e. The van der Waals surface area contributed by atoms with Crippen molar-refractivity contribution in [3.05, 3.63) is 94.0 Å². The molecule has 158 valence electrons. The Morgan fingerprint density at radius 1 is 1.03 bits per heavy atom. The SMILES string of the molecule is O=C(CCCc1nc(-c2ccc(F)cc2)no1)NC(c1ccc(F)cc1)c1cccs1. The fraction of sp³-hybridized carbons (Fsp3) is 0.174. The van der Waals surface area contributed by atoms with Gasteiger partial charge in [-0.2, -0.15) is 4.98 Å². The highest BCUT2D eigenvalue weighted by Crippen LogP contribution is 2.26. The van der Waals surface area contributed by atoms with Crippen molar-refractivity contribution >= 4 is 17.2 Å². The maximum Gasteiger partial charge on any atom is 0.226 e. The molecule has 0 aliphatic heterocycles. The van der Waals surface area contributed by atoms with Crippen molar-refractivity contribution in [2.45, 2.75) is 25.3 Å². The van der Waals surface area contributed by atoms with E-state index in [1.165, 1.54) is 35.6 Å². The fourth-order valence-corrected chi connectivity index (χ4v) is 3.94. The molecule has 1 amide bonds. The van der Waals surface area contributed by atoms with Gasteiger partial charge in [0.1, 0.15) is 11.6 Å². The van der Waals surface area contributed by atoms with E-state index in [1.807, 2.05) is 17.5 Å². The van der Waals surface area contributed by atoms with Crippen molar-refractivity contribution in [3.63, 3.8) is 0 Å². The number of nitrogens with zero attached hydrogens (tertiary/aromatic N) is 2. The summed E-state index contributed by atoms with van der Waals surface area (Å²) >= 11 is 1.53. The Balaban J connectivity index is 1.34. The molecule has 4 rings (SSSR count). The highest BCUT2D eigenvalue weighted by Gasteiger charge is 2.18. The monoisotopic (exact) mass is 439 g/mol. The van der Waals surface area contributed by atoms with Crippen LogP contribution in [0, 0.1) is 11.6 Å². The molecule has 2 aromatic heterocycles. The molecule has 0 aliphatic carbocycles. The Bertz CT molecular complexity index is 1130. The van der Waals surface area contributed by atoms with Gasteiger partial charge in [0.05, 0.1) is 6.04 Å². The standard InChI is InChI=1S/C23H19F2N3O2S/c24-17-10-6-15(7-11-17)22(19-3-2-14-31-19)26-20(29)4-1-5-21-27-23(28-30-21)16-8-12-18(25)13-9-16/h2-3,6-14,22H,1,4-5H2,(H,26,29). The Morgan fingerprint density at radius 2 is 1.74 bits per heavy atom. The van der Waals surface area contributed by atoms with E-state index in [1.54, 1.807) is 24.3 Å². The smallest absolute Gasteiger partial charge is 0.226 e. The number of nitrogens with one attached hydrogen (secondary N) is 1. The van der Waals surface area contributed by atoms with Crippen molar-refractivity contribution in [1.29, 1.82) is 0 Å². The predicted octanol–water partition coefficient (Wildman–Crippen LogP) is 5.30. The molecule has 8 heteroatoms. The molecule has 2 aromatic carbocycles. The zero-order chi connectivity index (χ0) is 21.6. The maximum atomic E-state index is 13.3. The molecule has 0 bridgehead atoms. The van der Waals surface area contributed by atoms with Gasteiger partial charge < -0.3 is 9.84 Å². The van der Waals surface area contributed by atoms with Crippen molar-refractivity contribution in [2.24, 2.45) is 0 Å². The largest absolute Gasteiger partial charge is 0.344 e. The molecule has 1 unspecified atom stereocenters. The molecule has 0 saturated heterocycles. The van der Waals surface area contributed by atoms with Crippen LogP contribution in [-0.2, 0) is 11.2 Å². The minimum atomic E-state index is -0.333. The molecule has 0 aliphatic rings. The Morgan fingerprint density at radius 3 is 2.42 bits per heavy atom. The first-order valence-corrected chi connectivity index (χ1v) is 10.6. The van der Waals surface area contributed by atoms with Crippen molar-refractivity contribution in [3.8, 4) is 11.4 Å². The number of thiophene rings is 1. The van der Waals surface area contributed by atoms with Crippen LogP contribution >= 0.6 is 11.3 Å². The first-order chi connectivity index (χ1) is 15.1. The van der Waals surface area contributed by atoms with E-state index in [4.69, 9.17) is 4.52 Å². The van der Waals surface area contributed by atoms with Crippen LogP contribution < -0.4 is 5.32 Å². The summed E-state index contributed by atoms with van der Waals surface area (Å²) < 4.78 is 31.6. The number of halogens is 2. The highest BCUT2D eigenvalue weighted by molar-refractivity contribution is 7.10. The summed E-state index contributed by atoms with van der Waals surface area (Å²) in [7, 11) is 0. The lowest BCUT2D eigenvalue weighted by atomic mass is 10.0. The van der Waals surface area contributed by atoms with Gasteiger partial charge in [0.25, 0.3) is 0 Å². The lowest BCUT2D eigenvalue weighted by molar-refractivity contribution is -0.121. The van der Waals surface area contributed by atoms with Crippen LogP contribution in [0.3, 0.4) is 0 Å². The molecule has 0 saturated carbocycles. The van der Waals surface area contributed by atoms with Gasteiger partial charge in [-0.25, -0.2) is 8.78 Å². The number of carbonyl (C=O) groups excluding carboxylic acids is 1. The van der Waals surface area contributed by atoms with E-state index in [-0.39, 0.29) is 30.0 Å². The second-order valence-electron chi connectivity index (χ2n) is 6.94. The lowest BCUT2D eigenvalue weighted by Gasteiger charge is -2.18. The summed E-state index contributed by atoms with van der Waals surface area (Å²) in [5.74, 6) is 0.0227. The van der Waals surface area contributed by atoms with E-state index in [2.05, 4.69) is 15.5 Å². The van der Waals surface area contributed by atoms with Crippen LogP contribution in [-0.4, -0.2) is 16.0 Å². The first-order valence-electron chi connectivity index (χ1n) is 9.75. The molecule has 0 spiro atoms. The topological polar surface area (TPSA) is 68.0 Å². The average molecular weight is 439 g/mol. The zero-order valence-corrected chi connectivity index (χ0v) is 17.2. The minimum absolute atomic E-state index is 0.124. The van der Waals surface area contributed by atoms with E-state index >= 15 is 0 Å². The summed E-state index contributed by atoms with van der Waals surface area (Å²) in [6, 6.07) is 15.5. The second kappa shape index (κ2) is 9.61. The van der Waals surface area contributed by atoms with Crippen LogP contribution in [0.2, 0.25) is 0 Å². The van der Waals surface area contributed by atoms with E-state index in [9.17, 15) is 13.6 Å². The molecule has 0 radical (unpaired) electrons. The van der Waals surface area contributed by atoms with Crippen molar-refractivity contribution in [2.75, 3.05) is 0 Å². The van der Waals surface area contributed by atoms with Crippen LogP contribution in [0.5, 0.6) is 0 Å². The quantitative estimate of drug-likeness (QED) is 0.404. The van der Waals surface area contributed by atoms with Gasteiger partial charge in [0.15, 0.2) is 0 Å². The molecule has 31 heavy (non-hydrogen) atoms. The molecule has 4 aromatic rings. The number of aryl methyl sites for hydroxylation is 1. The van der Waals surface area contributed by atoms with E-state index in [0.717, 1.165) is 10.4 Å². The molecule has 5 nitrogen and oxygen atoms in total. The van der Waals surface area contributed by atoms with Gasteiger partial charge in [0, 0.05) is 23.3 Å². The van der Waals surface area contributed by atoms with Gasteiger partial charge in [-0.3, -0.25) is 4.79 Å². The van der Waals surface area contributed by atoms with Gasteiger partial charge in [-0.05, 0) is 59.8 Å². The van der Waals surface area contributed by atoms with Gasteiger partial charge in [-0.15, -0.1) is 11.3 Å². The highest BCUT2D eigenvalue weighted by atomic mass is 32.1. The van der Waals surface area contributed by atoms with Gasteiger partial charge in [-0.1, -0.05) is 23.4 Å². The van der Waals surface area contributed by atoms with Crippen molar-refractivity contribution < 1.29 is 18.1 Å². The lowest BCUT2D eigenvalue weighted by Crippen LogP contribution is -2.28. The second-order valence-corrected chi connectivity index (χ2v) is 7.92. The van der Waals surface area contributed by atoms with Crippen LogP contribution in [0.25, 0.3) is 11.4 Å². The summed E-state index contributed by atoms with van der Waals surface area (Å²) in [6.07, 6.45) is 1.25. The van der Waals surface area contributed by atoms with Crippen LogP contribution in [0.4, 0.5) is 8.78 Å². The Kier molecular flexibility index (Phi) is 6.47. The fourth-order valence-electron chi connectivity index (χ4n) is 3.14. The molecule has 2 heterocycles. The number of hydrogen-bond acceptors (Lipinski definition) is 5. The van der Waals surface area contributed by atoms with E-state index in [0.29, 0.717) is 30.1 Å². The van der Waals surface area contributed by atoms with Gasteiger partial charge >= 0.3 is 0 Å². The number of aromatic nitrogens is 2. The molecule has 0 fully saturated rings. The summed E-state index contributed by atoms with van der Waals surface area (Å²) in [5.41, 5.74) is 1.48. The number of rotatable bonds is 8. The average Bonchev–Trinajstić information content (AvgIpc) is 3.46. The molecular weight excluding hydrogens is 420 g/mol. The van der Waals surface area contributed by atoms with E-state index < -0.39 is 0 Å². The maximum absolute atomic E-state index is 13.3. The van der Waals surface area contributed by atoms with Crippen LogP contribution in [0.1, 0.15) is 35.2 Å². The third kappa shape index (κ3) is 5.40. The zero-order valence-electron chi connectivity index (χ0n) is 16.4. The first kappa shape index (κ1) is 20.9. The number of carbonyl (C=O) groups is 1. The number of benzene rings is 2. The number of hydrogen-bond donors (Lipinski definition) is 1. The summed E-state index contributed by atoms with van der Waals surface area (Å²) in [5, 5.41) is 8.87. The third-order valence-electron chi connectivity index (χ3n) is 4.70. The van der Waals surface area contributed by atoms with Gasteiger partial charge in [0.2, 0.25) is 17.6 Å². The van der Waals surface area contributed by atoms with Crippen molar-refractivity contribution in [1.82, 2.24) is 15.5 Å². The summed E-state index contributed by atoms with van der Waals surface area (Å²) in [6.45, 7) is 0. The number of amides is 1. The predicted molar refractivity (Wildman–Crippen MR) is 113 cm³/mol.